The molecule has 1 aliphatic rings. The lowest BCUT2D eigenvalue weighted by Crippen LogP contribution is -2.24. The molecular weight excluding hydrogens is 202 g/mol. The Balaban J connectivity index is 1.71. The molecule has 1 aliphatic carbocycles. The minimum Gasteiger partial charge on any atom is -0.465 e. The molecular formula is C13H21NO2. The Bertz CT molecular complexity index is 328. The summed E-state index contributed by atoms with van der Waals surface area (Å²) in [6, 6.07) is 4.08. The van der Waals surface area contributed by atoms with Crippen molar-refractivity contribution < 1.29 is 9.52 Å². The number of hydrogen-bond acceptors (Lipinski definition) is 3. The zero-order valence-corrected chi connectivity index (χ0v) is 9.96. The summed E-state index contributed by atoms with van der Waals surface area (Å²) in [7, 11) is 0. The van der Waals surface area contributed by atoms with Crippen LogP contribution in [0.4, 0.5) is 0 Å². The van der Waals surface area contributed by atoms with E-state index in [4.69, 9.17) is 9.52 Å². The second-order valence-corrected chi connectivity index (χ2v) is 4.80. The highest BCUT2D eigenvalue weighted by Crippen LogP contribution is 2.47. The minimum absolute atomic E-state index is 0.308. The minimum atomic E-state index is 0.308. The van der Waals surface area contributed by atoms with Gasteiger partial charge in [-0.25, -0.2) is 0 Å². The molecule has 0 radical (unpaired) electrons. The Morgan fingerprint density at radius 3 is 2.69 bits per heavy atom. The smallest absolute Gasteiger partial charge is 0.117 e. The summed E-state index contributed by atoms with van der Waals surface area (Å²) in [6.07, 6.45) is 4.38. The molecule has 0 aromatic carbocycles. The summed E-state index contributed by atoms with van der Waals surface area (Å²) >= 11 is 0. The normalized spacial score (nSPS) is 17.6. The van der Waals surface area contributed by atoms with E-state index in [9.17, 15) is 0 Å². The van der Waals surface area contributed by atoms with Gasteiger partial charge in [0.05, 0.1) is 6.54 Å². The van der Waals surface area contributed by atoms with Gasteiger partial charge in [-0.2, -0.15) is 0 Å². The van der Waals surface area contributed by atoms with Gasteiger partial charge in [-0.3, -0.25) is 0 Å². The molecule has 2 N–H and O–H groups in total. The maximum Gasteiger partial charge on any atom is 0.117 e. The van der Waals surface area contributed by atoms with Crippen molar-refractivity contribution in [2.45, 2.75) is 39.2 Å². The summed E-state index contributed by atoms with van der Waals surface area (Å²) in [5.41, 5.74) is 0.384. The first-order chi connectivity index (χ1) is 7.78. The molecule has 0 amide bonds. The monoisotopic (exact) mass is 223 g/mol. The van der Waals surface area contributed by atoms with Crippen LogP contribution in [0.15, 0.2) is 16.5 Å². The van der Waals surface area contributed by atoms with Gasteiger partial charge in [-0.1, -0.05) is 6.92 Å². The van der Waals surface area contributed by atoms with Crippen LogP contribution in [0.3, 0.4) is 0 Å². The third-order valence-corrected chi connectivity index (χ3v) is 3.46. The number of aliphatic hydroxyl groups excluding tert-OH is 1. The van der Waals surface area contributed by atoms with E-state index < -0.39 is 0 Å². The third-order valence-electron chi connectivity index (χ3n) is 3.46. The third kappa shape index (κ3) is 2.86. The predicted octanol–water partition coefficient (Wildman–Crippen LogP) is 2.09. The van der Waals surface area contributed by atoms with Crippen molar-refractivity contribution in [2.75, 3.05) is 13.2 Å². The molecule has 1 saturated carbocycles. The highest BCUT2D eigenvalue weighted by atomic mass is 16.3. The molecule has 90 valence electrons. The van der Waals surface area contributed by atoms with Gasteiger partial charge in [-0.15, -0.1) is 0 Å². The number of rotatable bonds is 7. The van der Waals surface area contributed by atoms with Crippen molar-refractivity contribution in [3.63, 3.8) is 0 Å². The number of furan rings is 1. The van der Waals surface area contributed by atoms with Crippen LogP contribution in [0.2, 0.25) is 0 Å². The quantitative estimate of drug-likeness (QED) is 0.744. The van der Waals surface area contributed by atoms with E-state index in [0.717, 1.165) is 37.5 Å². The summed E-state index contributed by atoms with van der Waals surface area (Å²) in [4.78, 5) is 0. The first kappa shape index (κ1) is 11.7. The van der Waals surface area contributed by atoms with Crippen molar-refractivity contribution in [1.82, 2.24) is 5.32 Å². The van der Waals surface area contributed by atoms with Gasteiger partial charge in [0.2, 0.25) is 0 Å². The molecule has 0 aliphatic heterocycles. The SMILES string of the molecule is CCc1ccc(CNCC2(CCO)CC2)o1. The highest BCUT2D eigenvalue weighted by molar-refractivity contribution is 5.07. The molecule has 1 heterocycles. The van der Waals surface area contributed by atoms with E-state index in [1.807, 2.05) is 12.1 Å². The topological polar surface area (TPSA) is 45.4 Å². The zero-order chi connectivity index (χ0) is 11.4. The van der Waals surface area contributed by atoms with Gasteiger partial charge in [0.1, 0.15) is 11.5 Å². The number of aryl methyl sites for hydroxylation is 1. The lowest BCUT2D eigenvalue weighted by Gasteiger charge is -2.13. The Morgan fingerprint density at radius 1 is 1.38 bits per heavy atom. The predicted molar refractivity (Wildman–Crippen MR) is 63.2 cm³/mol. The largest absolute Gasteiger partial charge is 0.465 e. The van der Waals surface area contributed by atoms with Gasteiger partial charge < -0.3 is 14.8 Å². The fourth-order valence-corrected chi connectivity index (χ4v) is 2.09. The van der Waals surface area contributed by atoms with Crippen LogP contribution in [-0.2, 0) is 13.0 Å². The Morgan fingerprint density at radius 2 is 2.12 bits per heavy atom. The lowest BCUT2D eigenvalue weighted by molar-refractivity contribution is 0.244. The second kappa shape index (κ2) is 5.02. The molecule has 0 spiro atoms. The lowest BCUT2D eigenvalue weighted by atomic mass is 10.0. The Kier molecular flexibility index (Phi) is 3.66. The van der Waals surface area contributed by atoms with Crippen molar-refractivity contribution in [3.8, 4) is 0 Å². The number of nitrogens with one attached hydrogen (secondary N) is 1. The van der Waals surface area contributed by atoms with E-state index in [2.05, 4.69) is 12.2 Å². The molecule has 3 nitrogen and oxygen atoms in total. The molecule has 0 unspecified atom stereocenters. The second-order valence-electron chi connectivity index (χ2n) is 4.80. The molecule has 0 bridgehead atoms. The first-order valence-corrected chi connectivity index (χ1v) is 6.17. The fraction of sp³-hybridized carbons (Fsp3) is 0.692. The van der Waals surface area contributed by atoms with Crippen molar-refractivity contribution in [1.29, 1.82) is 0 Å². The van der Waals surface area contributed by atoms with Gasteiger partial charge in [-0.05, 0) is 36.8 Å². The Hall–Kier alpha value is -0.800. The molecule has 0 atom stereocenters. The maximum absolute atomic E-state index is 8.95. The highest BCUT2D eigenvalue weighted by Gasteiger charge is 2.41. The summed E-state index contributed by atoms with van der Waals surface area (Å²) in [6.45, 7) is 4.20. The summed E-state index contributed by atoms with van der Waals surface area (Å²) in [5, 5.41) is 12.4. The number of aliphatic hydroxyl groups is 1. The summed E-state index contributed by atoms with van der Waals surface area (Å²) < 4.78 is 5.62. The van der Waals surface area contributed by atoms with Crippen LogP contribution in [0.1, 0.15) is 37.7 Å². The average molecular weight is 223 g/mol. The Labute approximate surface area is 96.8 Å². The molecule has 1 aromatic heterocycles. The van der Waals surface area contributed by atoms with Gasteiger partial charge >= 0.3 is 0 Å². The van der Waals surface area contributed by atoms with Gasteiger partial charge in [0.15, 0.2) is 0 Å². The average Bonchev–Trinajstić information content (AvgIpc) is 2.89. The van der Waals surface area contributed by atoms with E-state index >= 15 is 0 Å². The van der Waals surface area contributed by atoms with E-state index in [1.54, 1.807) is 0 Å². The van der Waals surface area contributed by atoms with Crippen LogP contribution in [0.5, 0.6) is 0 Å². The van der Waals surface area contributed by atoms with E-state index in [1.165, 1.54) is 12.8 Å². The van der Waals surface area contributed by atoms with Crippen LogP contribution >= 0.6 is 0 Å². The molecule has 1 aromatic rings. The van der Waals surface area contributed by atoms with Crippen molar-refractivity contribution in [2.24, 2.45) is 5.41 Å². The van der Waals surface area contributed by atoms with Crippen molar-refractivity contribution in [3.05, 3.63) is 23.7 Å². The maximum atomic E-state index is 8.95. The first-order valence-electron chi connectivity index (χ1n) is 6.17. The van der Waals surface area contributed by atoms with E-state index in [-0.39, 0.29) is 0 Å². The van der Waals surface area contributed by atoms with Crippen LogP contribution < -0.4 is 5.32 Å². The zero-order valence-electron chi connectivity index (χ0n) is 9.96. The van der Waals surface area contributed by atoms with Crippen LogP contribution in [-0.4, -0.2) is 18.3 Å². The molecule has 1 fully saturated rings. The van der Waals surface area contributed by atoms with Crippen LogP contribution in [0.25, 0.3) is 0 Å². The summed E-state index contributed by atoms with van der Waals surface area (Å²) in [5.74, 6) is 2.06. The molecule has 16 heavy (non-hydrogen) atoms. The van der Waals surface area contributed by atoms with E-state index in [0.29, 0.717) is 12.0 Å². The molecule has 0 saturated heterocycles. The number of hydrogen-bond donors (Lipinski definition) is 2. The standard InChI is InChI=1S/C13H21NO2/c1-2-11-3-4-12(16-11)9-14-10-13(5-6-13)7-8-15/h3-4,14-15H,2,5-10H2,1H3. The molecule has 3 heteroatoms. The van der Waals surface area contributed by atoms with Gasteiger partial charge in [0.25, 0.3) is 0 Å². The van der Waals surface area contributed by atoms with Crippen molar-refractivity contribution >= 4 is 0 Å². The fourth-order valence-electron chi connectivity index (χ4n) is 2.09. The van der Waals surface area contributed by atoms with Crippen LogP contribution in [0, 0.1) is 5.41 Å². The molecule has 2 rings (SSSR count). The van der Waals surface area contributed by atoms with Gasteiger partial charge in [0, 0.05) is 19.6 Å².